The first-order valence-corrected chi connectivity index (χ1v) is 8.77. The van der Waals surface area contributed by atoms with E-state index in [1.165, 1.54) is 0 Å². The first-order valence-electron chi connectivity index (χ1n) is 8.01. The monoisotopic (exact) mass is 402 g/mol. The Hall–Kier alpha value is -1.27. The molecule has 25 heavy (non-hydrogen) atoms. The molecule has 0 radical (unpaired) electrons. The van der Waals surface area contributed by atoms with E-state index in [0.717, 1.165) is 25.1 Å². The molecule has 1 aliphatic rings. The third kappa shape index (κ3) is 4.29. The van der Waals surface area contributed by atoms with Gasteiger partial charge in [-0.05, 0) is 43.0 Å². The number of carbonyl (C=O) groups is 1. The predicted octanol–water partition coefficient (Wildman–Crippen LogP) is 3.80. The average molecular weight is 404 g/mol. The molecule has 2 N–H and O–H groups in total. The van der Waals surface area contributed by atoms with E-state index in [2.05, 4.69) is 12.0 Å². The molecule has 1 aliphatic heterocycles. The quantitative estimate of drug-likeness (QED) is 0.847. The van der Waals surface area contributed by atoms with E-state index < -0.39 is 0 Å². The number of likely N-dealkylation sites (tertiary alicyclic amines) is 1. The molecule has 2 aromatic rings. The Morgan fingerprint density at radius 2 is 2.08 bits per heavy atom. The van der Waals surface area contributed by atoms with Crippen LogP contribution in [0.15, 0.2) is 30.5 Å². The Morgan fingerprint density at radius 3 is 2.76 bits per heavy atom. The van der Waals surface area contributed by atoms with Gasteiger partial charge in [-0.15, -0.1) is 12.4 Å². The van der Waals surface area contributed by atoms with Gasteiger partial charge in [0.05, 0.1) is 15.7 Å². The Kier molecular flexibility index (Phi) is 6.74. The molecule has 8 heteroatoms. The summed E-state index contributed by atoms with van der Waals surface area (Å²) in [6, 6.07) is 7.03. The number of nitrogens with zero attached hydrogens (tertiary/aromatic N) is 3. The SMILES string of the molecule is CC1CCN(C(=O)c2ccn(-c3ccc(Cl)c(Cl)c3)n2)C(CN)C1.Cl. The molecule has 1 saturated heterocycles. The topological polar surface area (TPSA) is 64.2 Å². The summed E-state index contributed by atoms with van der Waals surface area (Å²) in [5.41, 5.74) is 7.02. The first-order chi connectivity index (χ1) is 11.5. The van der Waals surface area contributed by atoms with Crippen LogP contribution in [0.25, 0.3) is 5.69 Å². The van der Waals surface area contributed by atoms with Crippen molar-refractivity contribution in [1.29, 1.82) is 0 Å². The number of hydrogen-bond acceptors (Lipinski definition) is 3. The summed E-state index contributed by atoms with van der Waals surface area (Å²) < 4.78 is 1.62. The van der Waals surface area contributed by atoms with Gasteiger partial charge in [0.2, 0.25) is 0 Å². The number of hydrogen-bond donors (Lipinski definition) is 1. The standard InChI is InChI=1S/C17H20Cl2N4O.ClH/c1-11-4-6-22(13(8-11)10-20)17(24)16-5-7-23(21-16)12-2-3-14(18)15(19)9-12;/h2-3,5,7,9,11,13H,4,6,8,10,20H2,1H3;1H. The highest BCUT2D eigenvalue weighted by atomic mass is 35.5. The minimum atomic E-state index is -0.0730. The highest BCUT2D eigenvalue weighted by Gasteiger charge is 2.30. The third-order valence-corrected chi connectivity index (χ3v) is 5.23. The number of aromatic nitrogens is 2. The van der Waals surface area contributed by atoms with Crippen molar-refractivity contribution >= 4 is 41.5 Å². The van der Waals surface area contributed by atoms with Crippen molar-refractivity contribution in [2.75, 3.05) is 13.1 Å². The first kappa shape index (κ1) is 20.0. The summed E-state index contributed by atoms with van der Waals surface area (Å²) in [7, 11) is 0. The van der Waals surface area contributed by atoms with Crippen LogP contribution in [0.4, 0.5) is 0 Å². The van der Waals surface area contributed by atoms with Crippen molar-refractivity contribution in [2.24, 2.45) is 11.7 Å². The van der Waals surface area contributed by atoms with Gasteiger partial charge in [0.1, 0.15) is 0 Å². The maximum absolute atomic E-state index is 12.8. The third-order valence-electron chi connectivity index (χ3n) is 4.49. The maximum Gasteiger partial charge on any atom is 0.274 e. The fourth-order valence-electron chi connectivity index (χ4n) is 3.10. The zero-order valence-corrected chi connectivity index (χ0v) is 16.2. The van der Waals surface area contributed by atoms with E-state index in [1.807, 2.05) is 4.90 Å². The number of rotatable bonds is 3. The Labute approximate surface area is 163 Å². The minimum Gasteiger partial charge on any atom is -0.333 e. The molecule has 1 aromatic heterocycles. The predicted molar refractivity (Wildman–Crippen MR) is 103 cm³/mol. The van der Waals surface area contributed by atoms with Gasteiger partial charge in [-0.3, -0.25) is 4.79 Å². The second-order valence-corrected chi connectivity index (χ2v) is 7.08. The van der Waals surface area contributed by atoms with Crippen LogP contribution in [0.5, 0.6) is 0 Å². The summed E-state index contributed by atoms with van der Waals surface area (Å²) >= 11 is 12.0. The van der Waals surface area contributed by atoms with Crippen LogP contribution in [0.1, 0.15) is 30.3 Å². The van der Waals surface area contributed by atoms with E-state index in [4.69, 9.17) is 28.9 Å². The average Bonchev–Trinajstić information content (AvgIpc) is 3.06. The number of piperidine rings is 1. The number of benzene rings is 1. The van der Waals surface area contributed by atoms with Gasteiger partial charge >= 0.3 is 0 Å². The van der Waals surface area contributed by atoms with Gasteiger partial charge in [0.25, 0.3) is 5.91 Å². The summed E-state index contributed by atoms with van der Waals surface area (Å²) in [5, 5.41) is 5.33. The normalized spacial score (nSPS) is 20.2. The van der Waals surface area contributed by atoms with Gasteiger partial charge in [0.15, 0.2) is 5.69 Å². The molecule has 5 nitrogen and oxygen atoms in total. The molecule has 136 valence electrons. The number of halogens is 3. The van der Waals surface area contributed by atoms with Crippen LogP contribution in [-0.2, 0) is 0 Å². The summed E-state index contributed by atoms with van der Waals surface area (Å²) in [4.78, 5) is 14.6. The molecule has 0 spiro atoms. The van der Waals surface area contributed by atoms with Gasteiger partial charge in [-0.1, -0.05) is 30.1 Å². The van der Waals surface area contributed by atoms with Crippen molar-refractivity contribution < 1.29 is 4.79 Å². The van der Waals surface area contributed by atoms with E-state index in [9.17, 15) is 4.79 Å². The molecular weight excluding hydrogens is 383 g/mol. The highest BCUT2D eigenvalue weighted by molar-refractivity contribution is 6.42. The van der Waals surface area contributed by atoms with Crippen LogP contribution >= 0.6 is 35.6 Å². The summed E-state index contributed by atoms with van der Waals surface area (Å²) in [5.74, 6) is 0.521. The molecule has 0 aliphatic carbocycles. The Bertz CT molecular complexity index is 749. The zero-order valence-electron chi connectivity index (χ0n) is 13.9. The largest absolute Gasteiger partial charge is 0.333 e. The van der Waals surface area contributed by atoms with Crippen molar-refractivity contribution in [1.82, 2.24) is 14.7 Å². The Morgan fingerprint density at radius 1 is 1.32 bits per heavy atom. The van der Waals surface area contributed by atoms with E-state index in [1.54, 1.807) is 35.1 Å². The fourth-order valence-corrected chi connectivity index (χ4v) is 3.39. The highest BCUT2D eigenvalue weighted by Crippen LogP contribution is 2.25. The second-order valence-electron chi connectivity index (χ2n) is 6.26. The van der Waals surface area contributed by atoms with Crippen molar-refractivity contribution in [3.8, 4) is 5.69 Å². The van der Waals surface area contributed by atoms with Gasteiger partial charge in [-0.2, -0.15) is 5.10 Å². The lowest BCUT2D eigenvalue weighted by atomic mass is 9.92. The van der Waals surface area contributed by atoms with Gasteiger partial charge in [0, 0.05) is 25.3 Å². The molecule has 1 aromatic carbocycles. The van der Waals surface area contributed by atoms with Crippen LogP contribution in [0, 0.1) is 5.92 Å². The lowest BCUT2D eigenvalue weighted by Crippen LogP contribution is -2.49. The summed E-state index contributed by atoms with van der Waals surface area (Å²) in [6.07, 6.45) is 3.68. The molecule has 1 fully saturated rings. The van der Waals surface area contributed by atoms with Crippen molar-refractivity contribution in [3.63, 3.8) is 0 Å². The van der Waals surface area contributed by atoms with Crippen molar-refractivity contribution in [3.05, 3.63) is 46.2 Å². The lowest BCUT2D eigenvalue weighted by molar-refractivity contribution is 0.0567. The Balaban J connectivity index is 0.00000225. The molecular formula is C17H21Cl3N4O. The van der Waals surface area contributed by atoms with E-state index in [-0.39, 0.29) is 24.4 Å². The fraction of sp³-hybridized carbons (Fsp3) is 0.412. The molecule has 0 bridgehead atoms. The molecule has 1 amide bonds. The molecule has 3 rings (SSSR count). The number of amides is 1. The smallest absolute Gasteiger partial charge is 0.274 e. The van der Waals surface area contributed by atoms with E-state index in [0.29, 0.717) is 28.2 Å². The van der Waals surface area contributed by atoms with Crippen LogP contribution in [-0.4, -0.2) is 39.7 Å². The zero-order chi connectivity index (χ0) is 17.3. The van der Waals surface area contributed by atoms with Crippen LogP contribution in [0.3, 0.4) is 0 Å². The molecule has 2 unspecified atom stereocenters. The molecule has 2 atom stereocenters. The van der Waals surface area contributed by atoms with E-state index >= 15 is 0 Å². The molecule has 0 saturated carbocycles. The van der Waals surface area contributed by atoms with Crippen LogP contribution < -0.4 is 5.73 Å². The minimum absolute atomic E-state index is 0. The maximum atomic E-state index is 12.8. The van der Waals surface area contributed by atoms with Crippen LogP contribution in [0.2, 0.25) is 10.0 Å². The van der Waals surface area contributed by atoms with Gasteiger partial charge < -0.3 is 10.6 Å². The number of nitrogens with two attached hydrogens (primary N) is 1. The van der Waals surface area contributed by atoms with Crippen molar-refractivity contribution in [2.45, 2.75) is 25.8 Å². The molecule has 2 heterocycles. The number of carbonyl (C=O) groups excluding carboxylic acids is 1. The second kappa shape index (κ2) is 8.41. The summed E-state index contributed by atoms with van der Waals surface area (Å²) in [6.45, 7) is 3.40. The van der Waals surface area contributed by atoms with Gasteiger partial charge in [-0.25, -0.2) is 4.68 Å². The lowest BCUT2D eigenvalue weighted by Gasteiger charge is -2.37.